The Labute approximate surface area is 112 Å². The van der Waals surface area contributed by atoms with Gasteiger partial charge in [-0.05, 0) is 13.8 Å². The van der Waals surface area contributed by atoms with Gasteiger partial charge in [-0.25, -0.2) is 4.98 Å². The van der Waals surface area contributed by atoms with Crippen molar-refractivity contribution in [2.45, 2.75) is 26.4 Å². The minimum absolute atomic E-state index is 0. The molecule has 7 heteroatoms. The van der Waals surface area contributed by atoms with E-state index in [1.165, 1.54) is 0 Å². The van der Waals surface area contributed by atoms with E-state index in [2.05, 4.69) is 4.98 Å². The first-order valence-corrected chi connectivity index (χ1v) is 5.30. The van der Waals surface area contributed by atoms with E-state index in [0.717, 1.165) is 10.7 Å². The minimum Gasteiger partial charge on any atom is -0.338 e. The largest absolute Gasteiger partial charge is 0.338 e. The zero-order valence-corrected chi connectivity index (χ0v) is 11.9. The van der Waals surface area contributed by atoms with Gasteiger partial charge in [-0.15, -0.1) is 36.2 Å². The molecule has 0 unspecified atom stereocenters. The molecule has 1 atom stereocenters. The Balaban J connectivity index is 0. The molecule has 16 heavy (non-hydrogen) atoms. The molecule has 0 spiro atoms. The van der Waals surface area contributed by atoms with Gasteiger partial charge in [-0.2, -0.15) is 0 Å². The van der Waals surface area contributed by atoms with Gasteiger partial charge in [-0.3, -0.25) is 4.79 Å². The lowest BCUT2D eigenvalue weighted by Crippen LogP contribution is -2.39. The number of carbonyl (C=O) groups is 1. The first-order chi connectivity index (χ1) is 6.50. The maximum atomic E-state index is 11.4. The molecule has 0 fully saturated rings. The maximum Gasteiger partial charge on any atom is 0.239 e. The lowest BCUT2D eigenvalue weighted by Gasteiger charge is -2.17. The van der Waals surface area contributed by atoms with Crippen LogP contribution in [-0.4, -0.2) is 28.9 Å². The fraction of sp³-hybridized carbons (Fsp3) is 0.556. The van der Waals surface area contributed by atoms with Crippen LogP contribution in [0.2, 0.25) is 0 Å². The third-order valence-electron chi connectivity index (χ3n) is 1.83. The topological polar surface area (TPSA) is 59.2 Å². The standard InChI is InChI=1S/C9H15N3OS.2ClH/c1-6(10)9(13)12(3)4-8-5-14-7(2)11-8;;/h5-6H,4,10H2,1-3H3;2*1H/t6-;;/m1../s1. The van der Waals surface area contributed by atoms with E-state index in [1.54, 1.807) is 30.2 Å². The summed E-state index contributed by atoms with van der Waals surface area (Å²) in [5.41, 5.74) is 6.41. The molecule has 0 aromatic carbocycles. The van der Waals surface area contributed by atoms with Crippen LogP contribution in [0.5, 0.6) is 0 Å². The van der Waals surface area contributed by atoms with Gasteiger partial charge in [0.15, 0.2) is 0 Å². The van der Waals surface area contributed by atoms with E-state index in [-0.39, 0.29) is 30.7 Å². The molecule has 2 N–H and O–H groups in total. The summed E-state index contributed by atoms with van der Waals surface area (Å²) in [7, 11) is 1.74. The van der Waals surface area contributed by atoms with Crippen molar-refractivity contribution in [1.82, 2.24) is 9.88 Å². The number of hydrogen-bond acceptors (Lipinski definition) is 4. The maximum absolute atomic E-state index is 11.4. The van der Waals surface area contributed by atoms with Crippen molar-refractivity contribution in [2.75, 3.05) is 7.05 Å². The Morgan fingerprint density at radius 2 is 2.19 bits per heavy atom. The molecule has 0 saturated carbocycles. The second kappa shape index (κ2) is 7.84. The number of amides is 1. The van der Waals surface area contributed by atoms with Gasteiger partial charge in [0.25, 0.3) is 0 Å². The summed E-state index contributed by atoms with van der Waals surface area (Å²) in [5.74, 6) is -0.0596. The number of hydrogen-bond donors (Lipinski definition) is 1. The lowest BCUT2D eigenvalue weighted by atomic mass is 10.3. The minimum atomic E-state index is -0.445. The summed E-state index contributed by atoms with van der Waals surface area (Å²) >= 11 is 1.59. The third kappa shape index (κ3) is 5.12. The van der Waals surface area contributed by atoms with E-state index < -0.39 is 6.04 Å². The Morgan fingerprint density at radius 3 is 2.56 bits per heavy atom. The Bertz CT molecular complexity index is 330. The fourth-order valence-electron chi connectivity index (χ4n) is 1.15. The summed E-state index contributed by atoms with van der Waals surface area (Å²) in [6, 6.07) is -0.445. The van der Waals surface area contributed by atoms with Gasteiger partial charge in [-0.1, -0.05) is 0 Å². The van der Waals surface area contributed by atoms with Gasteiger partial charge >= 0.3 is 0 Å². The predicted octanol–water partition coefficient (Wildman–Crippen LogP) is 1.60. The molecule has 0 saturated heterocycles. The van der Waals surface area contributed by atoms with E-state index in [9.17, 15) is 4.79 Å². The molecule has 0 aliphatic heterocycles. The molecule has 1 rings (SSSR count). The van der Waals surface area contributed by atoms with Crippen molar-refractivity contribution < 1.29 is 4.79 Å². The number of rotatable bonds is 3. The third-order valence-corrected chi connectivity index (χ3v) is 2.65. The summed E-state index contributed by atoms with van der Waals surface area (Å²) in [4.78, 5) is 17.3. The van der Waals surface area contributed by atoms with E-state index >= 15 is 0 Å². The van der Waals surface area contributed by atoms with Crippen molar-refractivity contribution in [3.8, 4) is 0 Å². The molecule has 94 valence electrons. The summed E-state index contributed by atoms with van der Waals surface area (Å²) in [6.45, 7) is 4.16. The number of nitrogens with zero attached hydrogens (tertiary/aromatic N) is 2. The number of carbonyl (C=O) groups excluding carboxylic acids is 1. The zero-order chi connectivity index (χ0) is 10.7. The summed E-state index contributed by atoms with van der Waals surface area (Å²) in [6.07, 6.45) is 0. The molecule has 4 nitrogen and oxygen atoms in total. The summed E-state index contributed by atoms with van der Waals surface area (Å²) < 4.78 is 0. The first kappa shape index (κ1) is 18.0. The van der Waals surface area contributed by atoms with Crippen molar-refractivity contribution in [3.05, 3.63) is 16.1 Å². The van der Waals surface area contributed by atoms with Crippen molar-refractivity contribution >= 4 is 42.1 Å². The molecule has 1 amide bonds. The highest BCUT2D eigenvalue weighted by molar-refractivity contribution is 7.09. The highest BCUT2D eigenvalue weighted by Crippen LogP contribution is 2.09. The van der Waals surface area contributed by atoms with Crippen LogP contribution >= 0.6 is 36.2 Å². The average molecular weight is 286 g/mol. The molecule has 1 aromatic rings. The number of thiazole rings is 1. The van der Waals surface area contributed by atoms with Crippen LogP contribution in [0.25, 0.3) is 0 Å². The Hall–Kier alpha value is -0.360. The Kier molecular flexibility index (Phi) is 8.83. The molecule has 1 heterocycles. The zero-order valence-electron chi connectivity index (χ0n) is 9.47. The predicted molar refractivity (Wildman–Crippen MR) is 71.5 cm³/mol. The van der Waals surface area contributed by atoms with Gasteiger partial charge in [0, 0.05) is 12.4 Å². The summed E-state index contributed by atoms with van der Waals surface area (Å²) in [5, 5.41) is 2.97. The number of aryl methyl sites for hydroxylation is 1. The SMILES string of the molecule is Cc1nc(CN(C)C(=O)[C@@H](C)N)cs1.Cl.Cl. The van der Waals surface area contributed by atoms with Crippen molar-refractivity contribution in [3.63, 3.8) is 0 Å². The van der Waals surface area contributed by atoms with Crippen LogP contribution < -0.4 is 5.73 Å². The average Bonchev–Trinajstić information content (AvgIpc) is 2.49. The van der Waals surface area contributed by atoms with Crippen LogP contribution in [-0.2, 0) is 11.3 Å². The number of halogens is 2. The number of aromatic nitrogens is 1. The van der Waals surface area contributed by atoms with E-state index in [0.29, 0.717) is 6.54 Å². The van der Waals surface area contributed by atoms with Gasteiger partial charge in [0.2, 0.25) is 5.91 Å². The fourth-order valence-corrected chi connectivity index (χ4v) is 1.75. The lowest BCUT2D eigenvalue weighted by molar-refractivity contribution is -0.131. The van der Waals surface area contributed by atoms with Crippen molar-refractivity contribution in [1.29, 1.82) is 0 Å². The number of likely N-dealkylation sites (N-methyl/N-ethyl adjacent to an activating group) is 1. The smallest absolute Gasteiger partial charge is 0.239 e. The molecule has 0 bridgehead atoms. The van der Waals surface area contributed by atoms with Crippen LogP contribution in [0.3, 0.4) is 0 Å². The van der Waals surface area contributed by atoms with Crippen LogP contribution in [0, 0.1) is 6.92 Å². The number of nitrogens with two attached hydrogens (primary N) is 1. The monoisotopic (exact) mass is 285 g/mol. The second-order valence-electron chi connectivity index (χ2n) is 3.34. The first-order valence-electron chi connectivity index (χ1n) is 4.42. The van der Waals surface area contributed by atoms with Crippen LogP contribution in [0.1, 0.15) is 17.6 Å². The molecule has 0 radical (unpaired) electrons. The molecule has 1 aromatic heterocycles. The van der Waals surface area contributed by atoms with E-state index in [4.69, 9.17) is 5.73 Å². The highest BCUT2D eigenvalue weighted by atomic mass is 35.5. The highest BCUT2D eigenvalue weighted by Gasteiger charge is 2.14. The molecular weight excluding hydrogens is 269 g/mol. The normalized spacial score (nSPS) is 11.0. The van der Waals surface area contributed by atoms with Crippen LogP contribution in [0.4, 0.5) is 0 Å². The van der Waals surface area contributed by atoms with E-state index in [1.807, 2.05) is 12.3 Å². The molecular formula is C9H17Cl2N3OS. The van der Waals surface area contributed by atoms with Crippen molar-refractivity contribution in [2.24, 2.45) is 5.73 Å². The quantitative estimate of drug-likeness (QED) is 0.918. The van der Waals surface area contributed by atoms with Gasteiger partial charge in [0.05, 0.1) is 23.3 Å². The van der Waals surface area contributed by atoms with Crippen LogP contribution in [0.15, 0.2) is 5.38 Å². The second-order valence-corrected chi connectivity index (χ2v) is 4.40. The molecule has 0 aliphatic rings. The molecule has 0 aliphatic carbocycles. The van der Waals surface area contributed by atoms with Gasteiger partial charge < -0.3 is 10.6 Å². The van der Waals surface area contributed by atoms with Gasteiger partial charge in [0.1, 0.15) is 0 Å². The Morgan fingerprint density at radius 1 is 1.62 bits per heavy atom.